The smallest absolute Gasteiger partial charge is 0.255 e. The predicted octanol–water partition coefficient (Wildman–Crippen LogP) is 0.751. The highest BCUT2D eigenvalue weighted by atomic mass is 127. The van der Waals surface area contributed by atoms with E-state index in [1.165, 1.54) is 0 Å². The Kier molecular flexibility index (Phi) is 8.47. The summed E-state index contributed by atoms with van der Waals surface area (Å²) in [5, 5.41) is 2.99. The summed E-state index contributed by atoms with van der Waals surface area (Å²) >= 11 is 0. The fraction of sp³-hybridized carbons (Fsp3) is 0.538. The Morgan fingerprint density at radius 2 is 2.20 bits per heavy atom. The standard InChI is InChI=1S/C13H22N4O2.HI/c1-9(8-19-4)16-13(14)15-7-11-6-5-10(2)17(3)12(11)18;/h5-6,9H,7-8H2,1-4H3,(H3,14,15,16);1H. The second-order valence-electron chi connectivity index (χ2n) is 4.57. The number of hydrogen-bond donors (Lipinski definition) is 2. The second kappa shape index (κ2) is 8.96. The third kappa shape index (κ3) is 5.49. The molecule has 0 bridgehead atoms. The van der Waals surface area contributed by atoms with Gasteiger partial charge in [-0.1, -0.05) is 0 Å². The minimum absolute atomic E-state index is 0. The van der Waals surface area contributed by atoms with Gasteiger partial charge in [0, 0.05) is 31.5 Å². The Labute approximate surface area is 136 Å². The van der Waals surface area contributed by atoms with E-state index in [0.717, 1.165) is 5.69 Å². The molecule has 20 heavy (non-hydrogen) atoms. The molecule has 0 fully saturated rings. The number of halogens is 1. The van der Waals surface area contributed by atoms with Crippen LogP contribution in [0.4, 0.5) is 0 Å². The molecule has 3 N–H and O–H groups in total. The van der Waals surface area contributed by atoms with E-state index in [4.69, 9.17) is 10.5 Å². The SMILES string of the molecule is COCC(C)NC(N)=NCc1ccc(C)n(C)c1=O.I. The van der Waals surface area contributed by atoms with Gasteiger partial charge in [0.25, 0.3) is 5.56 Å². The van der Waals surface area contributed by atoms with Crippen molar-refractivity contribution < 1.29 is 4.74 Å². The van der Waals surface area contributed by atoms with Crippen molar-refractivity contribution in [1.82, 2.24) is 9.88 Å². The van der Waals surface area contributed by atoms with Gasteiger partial charge in [0.15, 0.2) is 5.96 Å². The number of nitrogens with zero attached hydrogens (tertiary/aromatic N) is 2. The molecule has 0 amide bonds. The zero-order valence-electron chi connectivity index (χ0n) is 12.3. The van der Waals surface area contributed by atoms with Crippen molar-refractivity contribution in [1.29, 1.82) is 0 Å². The van der Waals surface area contributed by atoms with Crippen molar-refractivity contribution in [3.8, 4) is 0 Å². The molecule has 6 nitrogen and oxygen atoms in total. The van der Waals surface area contributed by atoms with Crippen molar-refractivity contribution in [2.45, 2.75) is 26.4 Å². The number of rotatable bonds is 5. The molecule has 1 unspecified atom stereocenters. The van der Waals surface area contributed by atoms with Crippen LogP contribution in [0, 0.1) is 6.92 Å². The molecule has 1 aromatic heterocycles. The van der Waals surface area contributed by atoms with Gasteiger partial charge in [0.05, 0.1) is 13.2 Å². The van der Waals surface area contributed by atoms with Gasteiger partial charge in [-0.3, -0.25) is 4.79 Å². The molecule has 0 aliphatic rings. The molecular weight excluding hydrogens is 371 g/mol. The average molecular weight is 394 g/mol. The lowest BCUT2D eigenvalue weighted by Gasteiger charge is -2.13. The van der Waals surface area contributed by atoms with Gasteiger partial charge >= 0.3 is 0 Å². The van der Waals surface area contributed by atoms with Crippen LogP contribution in [0.25, 0.3) is 0 Å². The average Bonchev–Trinajstić information content (AvgIpc) is 2.35. The summed E-state index contributed by atoms with van der Waals surface area (Å²) in [6.07, 6.45) is 0. The Morgan fingerprint density at radius 3 is 2.80 bits per heavy atom. The van der Waals surface area contributed by atoms with Crippen LogP contribution in [0.15, 0.2) is 21.9 Å². The van der Waals surface area contributed by atoms with Gasteiger partial charge in [-0.25, -0.2) is 4.99 Å². The third-order valence-corrected chi connectivity index (χ3v) is 2.86. The monoisotopic (exact) mass is 394 g/mol. The molecule has 0 aliphatic carbocycles. The van der Waals surface area contributed by atoms with Gasteiger partial charge in [-0.2, -0.15) is 0 Å². The van der Waals surface area contributed by atoms with E-state index in [0.29, 0.717) is 18.1 Å². The molecule has 114 valence electrons. The molecule has 7 heteroatoms. The molecular formula is C13H23IN4O2. The normalized spacial score (nSPS) is 12.7. The van der Waals surface area contributed by atoms with Crippen LogP contribution in [0.3, 0.4) is 0 Å². The van der Waals surface area contributed by atoms with Crippen LogP contribution in [-0.4, -0.2) is 30.3 Å². The van der Waals surface area contributed by atoms with Crippen LogP contribution in [0.5, 0.6) is 0 Å². The summed E-state index contributed by atoms with van der Waals surface area (Å²) in [7, 11) is 3.37. The first-order valence-corrected chi connectivity index (χ1v) is 6.16. The lowest BCUT2D eigenvalue weighted by Crippen LogP contribution is -2.40. The minimum Gasteiger partial charge on any atom is -0.383 e. The summed E-state index contributed by atoms with van der Waals surface area (Å²) in [5.41, 5.74) is 7.24. The molecule has 0 aromatic carbocycles. The minimum atomic E-state index is -0.0403. The maximum absolute atomic E-state index is 11.9. The molecule has 0 aliphatic heterocycles. The molecule has 1 rings (SSSR count). The zero-order valence-corrected chi connectivity index (χ0v) is 14.7. The molecule has 1 aromatic rings. The fourth-order valence-corrected chi connectivity index (χ4v) is 1.66. The van der Waals surface area contributed by atoms with E-state index >= 15 is 0 Å². The number of methoxy groups -OCH3 is 1. The largest absolute Gasteiger partial charge is 0.383 e. The summed E-state index contributed by atoms with van der Waals surface area (Å²) in [6, 6.07) is 3.76. The molecule has 1 heterocycles. The van der Waals surface area contributed by atoms with E-state index in [2.05, 4.69) is 10.3 Å². The Balaban J connectivity index is 0.00000361. The number of hydrogen-bond acceptors (Lipinski definition) is 3. The van der Waals surface area contributed by atoms with E-state index in [-0.39, 0.29) is 42.1 Å². The van der Waals surface area contributed by atoms with Gasteiger partial charge in [0.2, 0.25) is 0 Å². The van der Waals surface area contributed by atoms with E-state index in [1.807, 2.05) is 19.9 Å². The number of pyridine rings is 1. The Bertz CT molecular complexity index is 514. The number of aryl methyl sites for hydroxylation is 1. The number of guanidine groups is 1. The number of ether oxygens (including phenoxy) is 1. The van der Waals surface area contributed by atoms with Gasteiger partial charge in [0.1, 0.15) is 0 Å². The Morgan fingerprint density at radius 1 is 1.55 bits per heavy atom. The van der Waals surface area contributed by atoms with E-state index < -0.39 is 0 Å². The fourth-order valence-electron chi connectivity index (χ4n) is 1.66. The molecule has 0 saturated heterocycles. The highest BCUT2D eigenvalue weighted by molar-refractivity contribution is 14.0. The molecule has 1 atom stereocenters. The first kappa shape index (κ1) is 18.9. The molecule has 0 spiro atoms. The van der Waals surface area contributed by atoms with Crippen LogP contribution >= 0.6 is 24.0 Å². The van der Waals surface area contributed by atoms with Crippen LogP contribution < -0.4 is 16.6 Å². The summed E-state index contributed by atoms with van der Waals surface area (Å²) < 4.78 is 6.59. The number of aromatic nitrogens is 1. The highest BCUT2D eigenvalue weighted by Gasteiger charge is 2.04. The second-order valence-corrected chi connectivity index (χ2v) is 4.57. The summed E-state index contributed by atoms with van der Waals surface area (Å²) in [4.78, 5) is 16.1. The van der Waals surface area contributed by atoms with Crippen LogP contribution in [0.2, 0.25) is 0 Å². The number of aliphatic imine (C=N–C) groups is 1. The lowest BCUT2D eigenvalue weighted by molar-refractivity contribution is 0.179. The Hall–Kier alpha value is -1.09. The topological polar surface area (TPSA) is 81.6 Å². The predicted molar refractivity (Wildman–Crippen MR) is 91.6 cm³/mol. The highest BCUT2D eigenvalue weighted by Crippen LogP contribution is 1.98. The van der Waals surface area contributed by atoms with Crippen molar-refractivity contribution in [3.63, 3.8) is 0 Å². The number of nitrogens with two attached hydrogens (primary N) is 1. The van der Waals surface area contributed by atoms with Crippen molar-refractivity contribution in [3.05, 3.63) is 33.7 Å². The lowest BCUT2D eigenvalue weighted by atomic mass is 10.2. The van der Waals surface area contributed by atoms with Crippen molar-refractivity contribution >= 4 is 29.9 Å². The summed E-state index contributed by atoms with van der Waals surface area (Å²) in [5.74, 6) is 0.312. The van der Waals surface area contributed by atoms with E-state index in [1.54, 1.807) is 24.8 Å². The van der Waals surface area contributed by atoms with E-state index in [9.17, 15) is 4.79 Å². The first-order chi connectivity index (χ1) is 8.95. The number of nitrogens with one attached hydrogen (secondary N) is 1. The van der Waals surface area contributed by atoms with Gasteiger partial charge < -0.3 is 20.4 Å². The van der Waals surface area contributed by atoms with Gasteiger partial charge in [-0.05, 0) is 26.0 Å². The maximum Gasteiger partial charge on any atom is 0.255 e. The van der Waals surface area contributed by atoms with Crippen molar-refractivity contribution in [2.75, 3.05) is 13.7 Å². The molecule has 0 radical (unpaired) electrons. The molecule has 0 saturated carbocycles. The summed E-state index contributed by atoms with van der Waals surface area (Å²) in [6.45, 7) is 4.64. The maximum atomic E-state index is 11.9. The van der Waals surface area contributed by atoms with Crippen LogP contribution in [-0.2, 0) is 18.3 Å². The zero-order chi connectivity index (χ0) is 14.4. The van der Waals surface area contributed by atoms with Crippen LogP contribution in [0.1, 0.15) is 18.2 Å². The van der Waals surface area contributed by atoms with Crippen molar-refractivity contribution in [2.24, 2.45) is 17.8 Å². The quantitative estimate of drug-likeness (QED) is 0.439. The van der Waals surface area contributed by atoms with Gasteiger partial charge in [-0.15, -0.1) is 24.0 Å². The first-order valence-electron chi connectivity index (χ1n) is 6.16. The third-order valence-electron chi connectivity index (χ3n) is 2.86.